The Kier molecular flexibility index (Phi) is 5.62. The number of H-pyrrole nitrogens is 1. The summed E-state index contributed by atoms with van der Waals surface area (Å²) in [6, 6.07) is 6.22. The lowest BCUT2D eigenvalue weighted by Gasteiger charge is -2.20. The summed E-state index contributed by atoms with van der Waals surface area (Å²) in [5.41, 5.74) is 0.188. The van der Waals surface area contributed by atoms with Crippen molar-refractivity contribution in [3.8, 4) is 5.75 Å². The summed E-state index contributed by atoms with van der Waals surface area (Å²) < 4.78 is 42.6. The maximum Gasteiger partial charge on any atom is 0.416 e. The van der Waals surface area contributed by atoms with Gasteiger partial charge in [-0.2, -0.15) is 18.3 Å². The molecular weight excluding hydrogens is 311 g/mol. The van der Waals surface area contributed by atoms with Crippen molar-refractivity contribution in [3.63, 3.8) is 0 Å². The average molecular weight is 329 g/mol. The lowest BCUT2D eigenvalue weighted by Crippen LogP contribution is -2.32. The fourth-order valence-corrected chi connectivity index (χ4v) is 2.07. The van der Waals surface area contributed by atoms with Gasteiger partial charge in [0.15, 0.2) is 0 Å². The van der Waals surface area contributed by atoms with E-state index in [-0.39, 0.29) is 12.4 Å². The van der Waals surface area contributed by atoms with Gasteiger partial charge in [0.25, 0.3) is 0 Å². The highest BCUT2D eigenvalue weighted by molar-refractivity contribution is 5.28. The van der Waals surface area contributed by atoms with E-state index in [1.165, 1.54) is 12.1 Å². The monoisotopic (exact) mass is 329 g/mol. The first-order valence-electron chi connectivity index (χ1n) is 6.99. The highest BCUT2D eigenvalue weighted by Gasteiger charge is 2.30. The normalized spacial score (nSPS) is 13.3. The van der Waals surface area contributed by atoms with Gasteiger partial charge >= 0.3 is 6.18 Å². The van der Waals surface area contributed by atoms with Gasteiger partial charge in [0, 0.05) is 25.0 Å². The van der Waals surface area contributed by atoms with Crippen molar-refractivity contribution in [1.82, 2.24) is 15.1 Å². The second kappa shape index (κ2) is 7.47. The number of halogens is 3. The first-order valence-corrected chi connectivity index (χ1v) is 6.99. The van der Waals surface area contributed by atoms with E-state index in [0.717, 1.165) is 17.8 Å². The van der Waals surface area contributed by atoms with Crippen LogP contribution in [0.2, 0.25) is 0 Å². The lowest BCUT2D eigenvalue weighted by molar-refractivity contribution is -0.137. The van der Waals surface area contributed by atoms with Gasteiger partial charge in [0.1, 0.15) is 18.5 Å². The topological polar surface area (TPSA) is 61.4 Å². The molecule has 126 valence electrons. The summed E-state index contributed by atoms with van der Waals surface area (Å²) in [7, 11) is 1.84. The molecule has 0 radical (unpaired) electrons. The zero-order valence-corrected chi connectivity index (χ0v) is 12.5. The minimum Gasteiger partial charge on any atom is -0.491 e. The van der Waals surface area contributed by atoms with Crippen LogP contribution in [0.4, 0.5) is 13.2 Å². The number of aliphatic hydroxyl groups excluding tert-OH is 1. The number of ether oxygens (including phenoxy) is 1. The van der Waals surface area contributed by atoms with Crippen LogP contribution in [0, 0.1) is 0 Å². The molecule has 1 atom stereocenters. The van der Waals surface area contributed by atoms with Crippen LogP contribution >= 0.6 is 0 Å². The molecule has 0 aliphatic rings. The molecule has 23 heavy (non-hydrogen) atoms. The average Bonchev–Trinajstić information content (AvgIpc) is 2.97. The Hall–Kier alpha value is -2.06. The van der Waals surface area contributed by atoms with E-state index in [2.05, 4.69) is 10.2 Å². The second-order valence-corrected chi connectivity index (χ2v) is 5.27. The van der Waals surface area contributed by atoms with Crippen LogP contribution < -0.4 is 4.74 Å². The largest absolute Gasteiger partial charge is 0.491 e. The van der Waals surface area contributed by atoms with Crippen LogP contribution in [0.5, 0.6) is 5.75 Å². The van der Waals surface area contributed by atoms with Crippen LogP contribution in [0.3, 0.4) is 0 Å². The van der Waals surface area contributed by atoms with Crippen LogP contribution in [-0.4, -0.2) is 46.5 Å². The molecule has 2 aromatic rings. The molecule has 0 saturated carbocycles. The fourth-order valence-electron chi connectivity index (χ4n) is 2.07. The molecule has 1 aromatic carbocycles. The number of benzene rings is 1. The number of likely N-dealkylation sites (N-methyl/N-ethyl adjacent to an activating group) is 1. The Morgan fingerprint density at radius 1 is 1.26 bits per heavy atom. The number of hydrogen-bond acceptors (Lipinski definition) is 4. The van der Waals surface area contributed by atoms with Crippen molar-refractivity contribution in [3.05, 3.63) is 47.8 Å². The Morgan fingerprint density at radius 2 is 1.96 bits per heavy atom. The third kappa shape index (κ3) is 5.57. The van der Waals surface area contributed by atoms with Gasteiger partial charge in [0.2, 0.25) is 0 Å². The molecule has 1 heterocycles. The Bertz CT molecular complexity index is 585. The van der Waals surface area contributed by atoms with E-state index in [1.54, 1.807) is 6.20 Å². The molecule has 1 aromatic heterocycles. The zero-order chi connectivity index (χ0) is 16.9. The summed E-state index contributed by atoms with van der Waals surface area (Å²) in [6.07, 6.45) is -3.48. The van der Waals surface area contributed by atoms with Crippen molar-refractivity contribution in [2.45, 2.75) is 18.8 Å². The molecule has 5 nitrogen and oxygen atoms in total. The molecule has 8 heteroatoms. The SMILES string of the molecule is CN(Cc1ccn[nH]1)CC(O)COc1ccc(C(F)(F)F)cc1. The smallest absolute Gasteiger partial charge is 0.416 e. The van der Waals surface area contributed by atoms with E-state index in [1.807, 2.05) is 18.0 Å². The number of aliphatic hydroxyl groups is 1. The van der Waals surface area contributed by atoms with E-state index in [9.17, 15) is 18.3 Å². The first kappa shape index (κ1) is 17.3. The molecule has 0 spiro atoms. The van der Waals surface area contributed by atoms with Gasteiger partial charge in [0.05, 0.1) is 5.56 Å². The Balaban J connectivity index is 1.76. The molecule has 0 aliphatic heterocycles. The lowest BCUT2D eigenvalue weighted by atomic mass is 10.2. The maximum atomic E-state index is 12.4. The van der Waals surface area contributed by atoms with Crippen LogP contribution in [-0.2, 0) is 12.7 Å². The molecule has 2 rings (SSSR count). The standard InChI is InChI=1S/C15H18F3N3O2/c1-21(8-12-6-7-19-20-12)9-13(22)10-23-14-4-2-11(3-5-14)15(16,17)18/h2-7,13,22H,8-10H2,1H3,(H,19,20). The summed E-state index contributed by atoms with van der Waals surface area (Å²) in [6.45, 7) is 0.954. The third-order valence-electron chi connectivity index (χ3n) is 3.15. The summed E-state index contributed by atoms with van der Waals surface area (Å²) in [5.74, 6) is 0.285. The van der Waals surface area contributed by atoms with Crippen molar-refractivity contribution in [1.29, 1.82) is 0 Å². The number of nitrogens with zero attached hydrogens (tertiary/aromatic N) is 2. The van der Waals surface area contributed by atoms with Crippen molar-refractivity contribution in [2.75, 3.05) is 20.2 Å². The Labute approximate surface area is 131 Å². The highest BCUT2D eigenvalue weighted by Crippen LogP contribution is 2.30. The third-order valence-corrected chi connectivity index (χ3v) is 3.15. The molecule has 1 unspecified atom stereocenters. The van der Waals surface area contributed by atoms with E-state index in [4.69, 9.17) is 4.74 Å². The summed E-state index contributed by atoms with van der Waals surface area (Å²) in [5, 5.41) is 16.6. The molecule has 0 amide bonds. The molecule has 0 bridgehead atoms. The highest BCUT2D eigenvalue weighted by atomic mass is 19.4. The van der Waals surface area contributed by atoms with Gasteiger partial charge < -0.3 is 9.84 Å². The quantitative estimate of drug-likeness (QED) is 0.818. The zero-order valence-electron chi connectivity index (χ0n) is 12.5. The number of rotatable bonds is 7. The van der Waals surface area contributed by atoms with Crippen LogP contribution in [0.1, 0.15) is 11.3 Å². The minimum atomic E-state index is -4.37. The number of alkyl halides is 3. The van der Waals surface area contributed by atoms with Gasteiger partial charge in [-0.1, -0.05) is 0 Å². The van der Waals surface area contributed by atoms with Gasteiger partial charge in [-0.15, -0.1) is 0 Å². The van der Waals surface area contributed by atoms with Crippen molar-refractivity contribution < 1.29 is 23.0 Å². The predicted molar refractivity (Wildman–Crippen MR) is 77.9 cm³/mol. The van der Waals surface area contributed by atoms with E-state index < -0.39 is 17.8 Å². The van der Waals surface area contributed by atoms with Gasteiger partial charge in [-0.3, -0.25) is 10.00 Å². The molecule has 0 saturated heterocycles. The Morgan fingerprint density at radius 3 is 2.52 bits per heavy atom. The van der Waals surface area contributed by atoms with Gasteiger partial charge in [-0.25, -0.2) is 0 Å². The number of nitrogens with one attached hydrogen (secondary N) is 1. The number of aromatic amines is 1. The summed E-state index contributed by atoms with van der Waals surface area (Å²) >= 11 is 0. The van der Waals surface area contributed by atoms with Crippen molar-refractivity contribution >= 4 is 0 Å². The summed E-state index contributed by atoms with van der Waals surface area (Å²) in [4.78, 5) is 1.88. The van der Waals surface area contributed by atoms with Crippen LogP contribution in [0.15, 0.2) is 36.5 Å². The van der Waals surface area contributed by atoms with Crippen LogP contribution in [0.25, 0.3) is 0 Å². The first-order chi connectivity index (χ1) is 10.8. The fraction of sp³-hybridized carbons (Fsp3) is 0.400. The van der Waals surface area contributed by atoms with E-state index in [0.29, 0.717) is 13.1 Å². The predicted octanol–water partition coefficient (Wildman–Crippen LogP) is 2.30. The minimum absolute atomic E-state index is 0.00131. The molecule has 2 N–H and O–H groups in total. The molecule has 0 fully saturated rings. The van der Waals surface area contributed by atoms with Gasteiger partial charge in [-0.05, 0) is 37.4 Å². The number of hydrogen-bond donors (Lipinski definition) is 2. The van der Waals surface area contributed by atoms with E-state index >= 15 is 0 Å². The number of aromatic nitrogens is 2. The molecule has 0 aliphatic carbocycles. The maximum absolute atomic E-state index is 12.4. The second-order valence-electron chi connectivity index (χ2n) is 5.27. The molecular formula is C15H18F3N3O2. The van der Waals surface area contributed by atoms with Crippen molar-refractivity contribution in [2.24, 2.45) is 0 Å².